The highest BCUT2D eigenvalue weighted by atomic mass is 32.2. The van der Waals surface area contributed by atoms with E-state index in [1.165, 1.54) is 0 Å². The fourth-order valence-electron chi connectivity index (χ4n) is 2.37. The molecule has 0 bridgehead atoms. The van der Waals surface area contributed by atoms with Crippen molar-refractivity contribution in [3.05, 3.63) is 17.8 Å². The van der Waals surface area contributed by atoms with Crippen LogP contribution >= 0.6 is 0 Å². The Morgan fingerprint density at radius 1 is 1.41 bits per heavy atom. The summed E-state index contributed by atoms with van der Waals surface area (Å²) in [6, 6.07) is 3.24. The van der Waals surface area contributed by atoms with Gasteiger partial charge in [-0.3, -0.25) is 4.79 Å². The first-order valence-corrected chi connectivity index (χ1v) is 9.30. The molecule has 1 amide bonds. The summed E-state index contributed by atoms with van der Waals surface area (Å²) in [7, 11) is -1.13. The van der Waals surface area contributed by atoms with E-state index in [0.29, 0.717) is 18.8 Å². The van der Waals surface area contributed by atoms with Gasteiger partial charge < -0.3 is 10.2 Å². The van der Waals surface area contributed by atoms with Gasteiger partial charge in [0.25, 0.3) is 5.91 Å². The van der Waals surface area contributed by atoms with E-state index >= 15 is 0 Å². The van der Waals surface area contributed by atoms with Gasteiger partial charge in [0.2, 0.25) is 0 Å². The van der Waals surface area contributed by atoms with Crippen LogP contribution in [0.2, 0.25) is 0 Å². The quantitative estimate of drug-likeness (QED) is 0.771. The van der Waals surface area contributed by atoms with Crippen molar-refractivity contribution in [2.45, 2.75) is 32.2 Å². The molecular weight excluding hydrogens is 304 g/mol. The van der Waals surface area contributed by atoms with Crippen LogP contribution in [0, 0.1) is 0 Å². The summed E-state index contributed by atoms with van der Waals surface area (Å²) in [5.41, 5.74) is 0.271. The fraction of sp³-hybridized carbons (Fsp3) is 0.643. The zero-order valence-corrected chi connectivity index (χ0v) is 13.8. The van der Waals surface area contributed by atoms with Crippen molar-refractivity contribution in [2.24, 2.45) is 0 Å². The molecule has 8 heteroatoms. The van der Waals surface area contributed by atoms with E-state index in [4.69, 9.17) is 0 Å². The number of nitrogens with zero attached hydrogens (tertiary/aromatic N) is 3. The van der Waals surface area contributed by atoms with Crippen molar-refractivity contribution in [2.75, 3.05) is 30.0 Å². The van der Waals surface area contributed by atoms with E-state index in [9.17, 15) is 13.2 Å². The molecule has 0 saturated carbocycles. The minimum absolute atomic E-state index is 0.0801. The number of sulfone groups is 1. The molecule has 0 radical (unpaired) electrons. The molecule has 1 unspecified atom stereocenters. The summed E-state index contributed by atoms with van der Waals surface area (Å²) < 4.78 is 23.1. The van der Waals surface area contributed by atoms with Gasteiger partial charge in [0.05, 0.1) is 11.5 Å². The maximum atomic E-state index is 11.8. The van der Waals surface area contributed by atoms with Crippen molar-refractivity contribution in [1.29, 1.82) is 0 Å². The van der Waals surface area contributed by atoms with Gasteiger partial charge in [-0.05, 0) is 25.0 Å². The molecule has 1 aromatic rings. The van der Waals surface area contributed by atoms with Gasteiger partial charge in [0.15, 0.2) is 21.3 Å². The molecule has 1 aliphatic heterocycles. The first-order chi connectivity index (χ1) is 10.4. The van der Waals surface area contributed by atoms with E-state index in [1.54, 1.807) is 19.2 Å². The van der Waals surface area contributed by atoms with Crippen molar-refractivity contribution >= 4 is 21.6 Å². The molecule has 122 valence electrons. The predicted octanol–water partition coefficient (Wildman–Crippen LogP) is 0.630. The second-order valence-corrected chi connectivity index (χ2v) is 7.78. The van der Waals surface area contributed by atoms with Gasteiger partial charge >= 0.3 is 0 Å². The van der Waals surface area contributed by atoms with Gasteiger partial charge in [-0.1, -0.05) is 13.3 Å². The van der Waals surface area contributed by atoms with Crippen molar-refractivity contribution < 1.29 is 13.2 Å². The number of rotatable bonds is 6. The van der Waals surface area contributed by atoms with Crippen LogP contribution in [0.25, 0.3) is 0 Å². The fourth-order valence-corrected chi connectivity index (χ4v) is 4.15. The van der Waals surface area contributed by atoms with Crippen LogP contribution in [0.15, 0.2) is 12.1 Å². The van der Waals surface area contributed by atoms with Gasteiger partial charge in [-0.25, -0.2) is 8.42 Å². The zero-order valence-electron chi connectivity index (χ0n) is 12.9. The standard InChI is InChI=1S/C14H22N4O3S/c1-3-4-8-15-14(19)12-5-6-13(17-16-12)18(2)11-7-9-22(20,21)10-11/h5-6,11H,3-4,7-10H2,1-2H3,(H,15,19). The monoisotopic (exact) mass is 326 g/mol. The number of aromatic nitrogens is 2. The van der Waals surface area contributed by atoms with Crippen LogP contribution in [0.3, 0.4) is 0 Å². The Kier molecular flexibility index (Phi) is 5.33. The Labute approximate surface area is 131 Å². The second kappa shape index (κ2) is 7.04. The van der Waals surface area contributed by atoms with Crippen molar-refractivity contribution in [3.63, 3.8) is 0 Å². The average Bonchev–Trinajstić information content (AvgIpc) is 2.87. The van der Waals surface area contributed by atoms with Crippen LogP contribution in [-0.2, 0) is 9.84 Å². The van der Waals surface area contributed by atoms with E-state index in [1.807, 2.05) is 4.90 Å². The number of amides is 1. The Hall–Kier alpha value is -1.70. The maximum absolute atomic E-state index is 11.8. The van der Waals surface area contributed by atoms with Crippen molar-refractivity contribution in [3.8, 4) is 0 Å². The summed E-state index contributed by atoms with van der Waals surface area (Å²) in [6.45, 7) is 2.68. The molecule has 1 atom stereocenters. The summed E-state index contributed by atoms with van der Waals surface area (Å²) >= 11 is 0. The van der Waals surface area contributed by atoms with Gasteiger partial charge in [0.1, 0.15) is 0 Å². The lowest BCUT2D eigenvalue weighted by Gasteiger charge is -2.23. The van der Waals surface area contributed by atoms with Crippen LogP contribution in [0.5, 0.6) is 0 Å². The van der Waals surface area contributed by atoms with Crippen LogP contribution < -0.4 is 10.2 Å². The predicted molar refractivity (Wildman–Crippen MR) is 84.7 cm³/mol. The number of carbonyl (C=O) groups excluding carboxylic acids is 1. The maximum Gasteiger partial charge on any atom is 0.271 e. The molecule has 2 heterocycles. The third kappa shape index (κ3) is 4.16. The van der Waals surface area contributed by atoms with Gasteiger partial charge in [0, 0.05) is 19.6 Å². The van der Waals surface area contributed by atoms with Gasteiger partial charge in [-0.15, -0.1) is 10.2 Å². The lowest BCUT2D eigenvalue weighted by molar-refractivity contribution is 0.0947. The first kappa shape index (κ1) is 16.7. The third-order valence-electron chi connectivity index (χ3n) is 3.82. The van der Waals surface area contributed by atoms with Crippen LogP contribution in [-0.4, -0.2) is 55.7 Å². The highest BCUT2D eigenvalue weighted by molar-refractivity contribution is 7.91. The minimum atomic E-state index is -2.94. The average molecular weight is 326 g/mol. The molecule has 0 aromatic carbocycles. The number of unbranched alkanes of at least 4 members (excludes halogenated alkanes) is 1. The van der Waals surface area contributed by atoms with Crippen LogP contribution in [0.4, 0.5) is 5.82 Å². The molecule has 1 aromatic heterocycles. The van der Waals surface area contributed by atoms with E-state index < -0.39 is 9.84 Å². The molecule has 1 saturated heterocycles. The highest BCUT2D eigenvalue weighted by Crippen LogP contribution is 2.20. The molecule has 22 heavy (non-hydrogen) atoms. The summed E-state index contributed by atoms with van der Waals surface area (Å²) in [4.78, 5) is 13.7. The lowest BCUT2D eigenvalue weighted by Crippen LogP contribution is -2.33. The molecule has 0 aliphatic carbocycles. The normalized spacial score (nSPS) is 19.8. The Morgan fingerprint density at radius 3 is 2.73 bits per heavy atom. The Morgan fingerprint density at radius 2 is 2.18 bits per heavy atom. The molecular formula is C14H22N4O3S. The van der Waals surface area contributed by atoms with E-state index in [2.05, 4.69) is 22.4 Å². The lowest BCUT2D eigenvalue weighted by atomic mass is 10.2. The smallest absolute Gasteiger partial charge is 0.271 e. The number of carbonyl (C=O) groups is 1. The second-order valence-electron chi connectivity index (χ2n) is 5.55. The first-order valence-electron chi connectivity index (χ1n) is 7.48. The number of anilines is 1. The summed E-state index contributed by atoms with van der Waals surface area (Å²) in [5, 5.41) is 10.8. The van der Waals surface area contributed by atoms with E-state index in [-0.39, 0.29) is 29.1 Å². The minimum Gasteiger partial charge on any atom is -0.354 e. The molecule has 0 spiro atoms. The summed E-state index contributed by atoms with van der Waals surface area (Å²) in [6.07, 6.45) is 2.54. The topological polar surface area (TPSA) is 92.3 Å². The Balaban J connectivity index is 1.98. The SMILES string of the molecule is CCCCNC(=O)c1ccc(N(C)C2CCS(=O)(=O)C2)nn1. The summed E-state index contributed by atoms with van der Waals surface area (Å²) in [5.74, 6) is 0.698. The number of hydrogen-bond acceptors (Lipinski definition) is 6. The van der Waals surface area contributed by atoms with Crippen LogP contribution in [0.1, 0.15) is 36.7 Å². The van der Waals surface area contributed by atoms with Gasteiger partial charge in [-0.2, -0.15) is 0 Å². The number of hydrogen-bond donors (Lipinski definition) is 1. The molecule has 1 N–H and O–H groups in total. The largest absolute Gasteiger partial charge is 0.354 e. The highest BCUT2D eigenvalue weighted by Gasteiger charge is 2.31. The number of nitrogens with one attached hydrogen (secondary N) is 1. The zero-order chi connectivity index (χ0) is 16.2. The molecule has 7 nitrogen and oxygen atoms in total. The third-order valence-corrected chi connectivity index (χ3v) is 5.57. The molecule has 1 aliphatic rings. The molecule has 1 fully saturated rings. The van der Waals surface area contributed by atoms with E-state index in [0.717, 1.165) is 12.8 Å². The molecule has 2 rings (SSSR count). The van der Waals surface area contributed by atoms with Crippen molar-refractivity contribution in [1.82, 2.24) is 15.5 Å². The Bertz CT molecular complexity index is 615.